The molecule has 0 unspecified atom stereocenters. The lowest BCUT2D eigenvalue weighted by atomic mass is 10.1. The molecule has 0 radical (unpaired) electrons. The lowest BCUT2D eigenvalue weighted by Gasteiger charge is -2.29. The van der Waals surface area contributed by atoms with Gasteiger partial charge in [0.25, 0.3) is 0 Å². The Morgan fingerprint density at radius 1 is 0.441 bits per heavy atom. The van der Waals surface area contributed by atoms with Crippen LogP contribution in [-0.4, -0.2) is 5.80 Å². The fraction of sp³-hybridized carbons (Fsp3) is 0.424. The SMILES string of the molecule is CCCCCCCCCCCCCCC=P(c1ccccc1)(c1ccccc1)c1ccccc1. The summed E-state index contributed by atoms with van der Waals surface area (Å²) >= 11 is 0. The van der Waals surface area contributed by atoms with Crippen LogP contribution in [0.25, 0.3) is 0 Å². The fourth-order valence-electron chi connectivity index (χ4n) is 5.02. The molecule has 0 N–H and O–H groups in total. The maximum atomic E-state index is 2.70. The van der Waals surface area contributed by atoms with Crippen molar-refractivity contribution in [1.29, 1.82) is 0 Å². The highest BCUT2D eigenvalue weighted by Gasteiger charge is 2.24. The van der Waals surface area contributed by atoms with Crippen molar-refractivity contribution in [2.24, 2.45) is 0 Å². The first-order valence-corrected chi connectivity index (χ1v) is 15.6. The minimum Gasteiger partial charge on any atom is -0.0742 e. The molecule has 0 spiro atoms. The van der Waals surface area contributed by atoms with Crippen LogP contribution in [0.1, 0.15) is 90.4 Å². The van der Waals surface area contributed by atoms with E-state index in [1.807, 2.05) is 0 Å². The summed E-state index contributed by atoms with van der Waals surface area (Å²) in [5.74, 6) is 2.70. The molecule has 0 aliphatic carbocycles. The highest BCUT2D eigenvalue weighted by molar-refractivity contribution is 7.94. The first kappa shape index (κ1) is 26.6. The van der Waals surface area contributed by atoms with E-state index in [1.165, 1.54) is 99.4 Å². The summed E-state index contributed by atoms with van der Waals surface area (Å²) in [4.78, 5) is 0. The van der Waals surface area contributed by atoms with Crippen molar-refractivity contribution < 1.29 is 0 Å². The van der Waals surface area contributed by atoms with Gasteiger partial charge in [-0.1, -0.05) is 174 Å². The number of rotatable bonds is 16. The molecule has 0 aliphatic rings. The maximum absolute atomic E-state index is 2.70. The first-order chi connectivity index (χ1) is 16.9. The van der Waals surface area contributed by atoms with E-state index >= 15 is 0 Å². The van der Waals surface area contributed by atoms with Crippen LogP contribution in [0.15, 0.2) is 91.0 Å². The molecule has 0 atom stereocenters. The summed E-state index contributed by atoms with van der Waals surface area (Å²) in [6.45, 7) is 0.536. The predicted octanol–water partition coefficient (Wildman–Crippen LogP) is 8.87. The van der Waals surface area contributed by atoms with Crippen molar-refractivity contribution >= 4 is 28.6 Å². The Hall–Kier alpha value is -2.04. The van der Waals surface area contributed by atoms with Gasteiger partial charge in [-0.2, -0.15) is 0 Å². The van der Waals surface area contributed by atoms with Gasteiger partial charge in [0.15, 0.2) is 0 Å². The summed E-state index contributed by atoms with van der Waals surface area (Å²) in [5.41, 5.74) is 0. The molecule has 3 rings (SSSR count). The second kappa shape index (κ2) is 15.8. The van der Waals surface area contributed by atoms with Gasteiger partial charge < -0.3 is 0 Å². The van der Waals surface area contributed by atoms with Crippen molar-refractivity contribution in [3.05, 3.63) is 91.0 Å². The Morgan fingerprint density at radius 3 is 1.12 bits per heavy atom. The Balaban J connectivity index is 1.60. The number of hydrogen-bond acceptors (Lipinski definition) is 0. The van der Waals surface area contributed by atoms with Gasteiger partial charge in [-0.15, -0.1) is 0 Å². The third-order valence-corrected chi connectivity index (χ3v) is 11.1. The molecular formula is C33H45P. The molecular weight excluding hydrogens is 427 g/mol. The standard InChI is InChI=1S/C33H45P/c1-2-3-4-5-6-7-8-9-10-11-12-13-23-30-34(31-24-17-14-18-25-31,32-26-19-15-20-27-32)33-28-21-16-22-29-33/h14-22,24-30H,2-13,23H2,1H3. The van der Waals surface area contributed by atoms with Crippen molar-refractivity contribution in [3.8, 4) is 0 Å². The average Bonchev–Trinajstić information content (AvgIpc) is 2.91. The predicted molar refractivity (Wildman–Crippen MR) is 157 cm³/mol. The van der Waals surface area contributed by atoms with Crippen LogP contribution in [0.3, 0.4) is 0 Å². The maximum Gasteiger partial charge on any atom is -0.0163 e. The zero-order valence-electron chi connectivity index (χ0n) is 21.4. The van der Waals surface area contributed by atoms with Crippen molar-refractivity contribution in [2.75, 3.05) is 0 Å². The summed E-state index contributed by atoms with van der Waals surface area (Å²) in [6, 6.07) is 33.7. The molecule has 0 amide bonds. The molecule has 0 bridgehead atoms. The van der Waals surface area contributed by atoms with Gasteiger partial charge in [0.05, 0.1) is 0 Å². The Kier molecular flexibility index (Phi) is 12.3. The van der Waals surface area contributed by atoms with Crippen molar-refractivity contribution in [2.45, 2.75) is 90.4 Å². The highest BCUT2D eigenvalue weighted by atomic mass is 31.2. The van der Waals surface area contributed by atoms with E-state index in [1.54, 1.807) is 0 Å². The third-order valence-electron chi connectivity index (χ3n) is 6.95. The number of unbranched alkanes of at least 4 members (excludes halogenated alkanes) is 12. The molecule has 0 nitrogen and oxygen atoms in total. The molecule has 0 fully saturated rings. The normalized spacial score (nSPS) is 11.4. The first-order valence-electron chi connectivity index (χ1n) is 13.8. The van der Waals surface area contributed by atoms with Gasteiger partial charge in [-0.3, -0.25) is 0 Å². The lowest BCUT2D eigenvalue weighted by Crippen LogP contribution is -2.26. The second-order valence-corrected chi connectivity index (χ2v) is 12.9. The average molecular weight is 473 g/mol. The van der Waals surface area contributed by atoms with E-state index < -0.39 is 6.89 Å². The quantitative estimate of drug-likeness (QED) is 0.144. The van der Waals surface area contributed by atoms with E-state index in [0.29, 0.717) is 0 Å². The van der Waals surface area contributed by atoms with E-state index in [-0.39, 0.29) is 0 Å². The van der Waals surface area contributed by atoms with Crippen LogP contribution in [0.2, 0.25) is 0 Å². The Bertz CT molecular complexity index is 840. The summed E-state index contributed by atoms with van der Waals surface area (Å²) in [7, 11) is 0. The molecule has 3 aromatic rings. The molecule has 182 valence electrons. The highest BCUT2D eigenvalue weighted by Crippen LogP contribution is 2.44. The van der Waals surface area contributed by atoms with Crippen LogP contribution in [0.4, 0.5) is 0 Å². The van der Waals surface area contributed by atoms with Gasteiger partial charge in [0.1, 0.15) is 0 Å². The van der Waals surface area contributed by atoms with Gasteiger partial charge in [0, 0.05) is 0 Å². The van der Waals surface area contributed by atoms with Gasteiger partial charge in [0.2, 0.25) is 0 Å². The second-order valence-electron chi connectivity index (χ2n) is 9.59. The zero-order valence-corrected chi connectivity index (χ0v) is 22.3. The van der Waals surface area contributed by atoms with Crippen LogP contribution in [0, 0.1) is 0 Å². The van der Waals surface area contributed by atoms with E-state index in [9.17, 15) is 0 Å². The lowest BCUT2D eigenvalue weighted by molar-refractivity contribution is 0.546. The van der Waals surface area contributed by atoms with E-state index in [0.717, 1.165) is 0 Å². The van der Waals surface area contributed by atoms with Gasteiger partial charge in [-0.05, 0) is 35.6 Å². The summed E-state index contributed by atoms with van der Waals surface area (Å²) in [6.07, 6.45) is 18.0. The van der Waals surface area contributed by atoms with Crippen LogP contribution in [-0.2, 0) is 0 Å². The largest absolute Gasteiger partial charge is 0.0742 e. The monoisotopic (exact) mass is 472 g/mol. The van der Waals surface area contributed by atoms with Crippen molar-refractivity contribution in [1.82, 2.24) is 0 Å². The molecule has 0 saturated heterocycles. The Morgan fingerprint density at radius 2 is 0.765 bits per heavy atom. The topological polar surface area (TPSA) is 0 Å². The van der Waals surface area contributed by atoms with E-state index in [4.69, 9.17) is 0 Å². The molecule has 1 heteroatoms. The Labute approximate surface area is 209 Å². The molecule has 3 aromatic carbocycles. The van der Waals surface area contributed by atoms with Crippen molar-refractivity contribution in [3.63, 3.8) is 0 Å². The summed E-state index contributed by atoms with van der Waals surface area (Å²) < 4.78 is 0. The third kappa shape index (κ3) is 8.02. The van der Waals surface area contributed by atoms with Crippen LogP contribution in [0.5, 0.6) is 0 Å². The van der Waals surface area contributed by atoms with Gasteiger partial charge in [-0.25, -0.2) is 0 Å². The zero-order chi connectivity index (χ0) is 23.7. The minimum absolute atomic E-state index is 1.18. The van der Waals surface area contributed by atoms with E-state index in [2.05, 4.69) is 104 Å². The molecule has 0 aromatic heterocycles. The minimum atomic E-state index is -1.76. The molecule has 0 heterocycles. The molecule has 34 heavy (non-hydrogen) atoms. The molecule has 0 aliphatic heterocycles. The van der Waals surface area contributed by atoms with Crippen LogP contribution >= 0.6 is 6.89 Å². The number of hydrogen-bond donors (Lipinski definition) is 0. The number of benzene rings is 3. The summed E-state index contributed by atoms with van der Waals surface area (Å²) in [5, 5.41) is 4.39. The molecule has 0 saturated carbocycles. The fourth-order valence-corrected chi connectivity index (χ4v) is 9.05. The smallest absolute Gasteiger partial charge is 0.0163 e. The van der Waals surface area contributed by atoms with Gasteiger partial charge >= 0.3 is 0 Å². The van der Waals surface area contributed by atoms with Crippen LogP contribution < -0.4 is 15.9 Å².